The van der Waals surface area contributed by atoms with E-state index in [-0.39, 0.29) is 5.56 Å². The molecule has 0 radical (unpaired) electrons. The molecule has 1 aliphatic rings. The van der Waals surface area contributed by atoms with Crippen molar-refractivity contribution >= 4 is 26.8 Å². The molecule has 7 nitrogen and oxygen atoms in total. The molecule has 0 amide bonds. The van der Waals surface area contributed by atoms with Crippen molar-refractivity contribution in [3.63, 3.8) is 0 Å². The third-order valence-corrected chi connectivity index (χ3v) is 4.59. The number of carbonyl (C=O) groups is 1. The van der Waals surface area contributed by atoms with E-state index in [1.165, 1.54) is 12.1 Å². The van der Waals surface area contributed by atoms with Crippen LogP contribution in [-0.4, -0.2) is 41.8 Å². The lowest BCUT2D eigenvalue weighted by Crippen LogP contribution is -2.37. The molecule has 1 atom stereocenters. The number of rotatable bonds is 2. The first kappa shape index (κ1) is 13.1. The minimum absolute atomic E-state index is 0.136. The Kier molecular flexibility index (Phi) is 2.80. The van der Waals surface area contributed by atoms with Gasteiger partial charge < -0.3 is 9.67 Å². The molecule has 2 N–H and O–H groups in total. The first-order valence-corrected chi connectivity index (χ1v) is 7.99. The van der Waals surface area contributed by atoms with Crippen LogP contribution < -0.4 is 5.32 Å². The van der Waals surface area contributed by atoms with Crippen molar-refractivity contribution in [1.82, 2.24) is 14.9 Å². The predicted molar refractivity (Wildman–Crippen MR) is 72.3 cm³/mol. The Morgan fingerprint density at radius 1 is 1.50 bits per heavy atom. The molecular weight excluding hydrogens is 282 g/mol. The third-order valence-electron chi connectivity index (χ3n) is 3.35. The highest BCUT2D eigenvalue weighted by Gasteiger charge is 2.31. The van der Waals surface area contributed by atoms with Crippen LogP contribution >= 0.6 is 0 Å². The fraction of sp³-hybridized carbons (Fsp3) is 0.333. The number of imidazole rings is 1. The zero-order valence-corrected chi connectivity index (χ0v) is 11.5. The summed E-state index contributed by atoms with van der Waals surface area (Å²) in [5, 5.41) is 11.1. The van der Waals surface area contributed by atoms with E-state index in [1.807, 2.05) is 4.57 Å². The average Bonchev–Trinajstić information content (AvgIpc) is 2.74. The van der Waals surface area contributed by atoms with Gasteiger partial charge in [-0.1, -0.05) is 0 Å². The summed E-state index contributed by atoms with van der Waals surface area (Å²) >= 11 is 0. The van der Waals surface area contributed by atoms with Gasteiger partial charge in [0.25, 0.3) is 0 Å². The molecule has 0 fully saturated rings. The van der Waals surface area contributed by atoms with Gasteiger partial charge in [-0.3, -0.25) is 5.32 Å². The Morgan fingerprint density at radius 3 is 2.90 bits per heavy atom. The molecule has 3 rings (SSSR count). The first-order valence-electron chi connectivity index (χ1n) is 6.03. The second kappa shape index (κ2) is 4.29. The molecule has 0 aliphatic carbocycles. The van der Waals surface area contributed by atoms with Crippen LogP contribution in [0, 0.1) is 0 Å². The maximum atomic E-state index is 11.8. The summed E-state index contributed by atoms with van der Waals surface area (Å²) in [6.07, 6.45) is 1.16. The Morgan fingerprint density at radius 2 is 2.25 bits per heavy atom. The van der Waals surface area contributed by atoms with E-state index in [9.17, 15) is 13.2 Å². The minimum Gasteiger partial charge on any atom is -0.478 e. The van der Waals surface area contributed by atoms with Crippen molar-refractivity contribution in [2.75, 3.05) is 12.8 Å². The number of carboxylic acid groups (broad SMARTS) is 1. The highest BCUT2D eigenvalue weighted by Crippen LogP contribution is 2.27. The van der Waals surface area contributed by atoms with Gasteiger partial charge in [-0.05, 0) is 18.2 Å². The zero-order valence-electron chi connectivity index (χ0n) is 10.7. The van der Waals surface area contributed by atoms with Gasteiger partial charge in [0.05, 0.1) is 16.6 Å². The number of carboxylic acids is 1. The molecule has 1 unspecified atom stereocenters. The van der Waals surface area contributed by atoms with Gasteiger partial charge in [0.15, 0.2) is 15.2 Å². The summed E-state index contributed by atoms with van der Waals surface area (Å²) in [5.41, 5.74) is 1.38. The molecule has 20 heavy (non-hydrogen) atoms. The van der Waals surface area contributed by atoms with E-state index >= 15 is 0 Å². The number of sulfone groups is 1. The first-order chi connectivity index (χ1) is 9.38. The molecule has 2 aromatic rings. The van der Waals surface area contributed by atoms with Crippen LogP contribution in [-0.2, 0) is 16.4 Å². The summed E-state index contributed by atoms with van der Waals surface area (Å²) in [6, 6.07) is 4.62. The van der Waals surface area contributed by atoms with Crippen LogP contribution in [0.3, 0.4) is 0 Å². The van der Waals surface area contributed by atoms with Crippen LogP contribution in [0.25, 0.3) is 11.0 Å². The molecule has 1 aromatic carbocycles. The van der Waals surface area contributed by atoms with Gasteiger partial charge in [-0.15, -0.1) is 0 Å². The molecule has 0 saturated carbocycles. The van der Waals surface area contributed by atoms with Crippen LogP contribution in [0.2, 0.25) is 0 Å². The normalized spacial score (nSPS) is 18.9. The third kappa shape index (κ3) is 1.97. The van der Waals surface area contributed by atoms with Gasteiger partial charge in [0.1, 0.15) is 5.82 Å². The molecule has 0 bridgehead atoms. The van der Waals surface area contributed by atoms with Gasteiger partial charge in [-0.25, -0.2) is 18.2 Å². The van der Waals surface area contributed by atoms with Crippen molar-refractivity contribution in [3.8, 4) is 0 Å². The van der Waals surface area contributed by atoms with Crippen LogP contribution in [0.5, 0.6) is 0 Å². The lowest BCUT2D eigenvalue weighted by molar-refractivity contribution is 0.0697. The smallest absolute Gasteiger partial charge is 0.335 e. The van der Waals surface area contributed by atoms with Crippen molar-refractivity contribution in [3.05, 3.63) is 29.6 Å². The molecule has 1 aliphatic heterocycles. The molecule has 8 heteroatoms. The van der Waals surface area contributed by atoms with E-state index in [2.05, 4.69) is 10.3 Å². The number of nitrogens with zero attached hydrogens (tertiary/aromatic N) is 2. The van der Waals surface area contributed by atoms with Crippen LogP contribution in [0.4, 0.5) is 0 Å². The summed E-state index contributed by atoms with van der Waals surface area (Å²) < 4.78 is 25.4. The number of benzene rings is 1. The molecule has 1 aromatic heterocycles. The van der Waals surface area contributed by atoms with E-state index in [0.29, 0.717) is 24.4 Å². The van der Waals surface area contributed by atoms with Gasteiger partial charge in [0, 0.05) is 19.3 Å². The Balaban J connectivity index is 2.23. The maximum Gasteiger partial charge on any atom is 0.335 e. The number of nitrogens with one attached hydrogen (secondary N) is 1. The Hall–Kier alpha value is -1.93. The molecule has 0 saturated heterocycles. The summed E-state index contributed by atoms with van der Waals surface area (Å²) in [5.74, 6) is -0.619. The lowest BCUT2D eigenvalue weighted by atomic mass is 10.2. The second-order valence-corrected chi connectivity index (χ2v) is 6.92. The SMILES string of the molecule is CS(=O)(=O)C1NCCn2c1nc1cc(C(=O)O)ccc12. The second-order valence-electron chi connectivity index (χ2n) is 4.79. The van der Waals surface area contributed by atoms with Crippen molar-refractivity contribution in [2.45, 2.75) is 11.9 Å². The molecular formula is C12H13N3O4S. The highest BCUT2D eigenvalue weighted by atomic mass is 32.2. The molecule has 0 spiro atoms. The van der Waals surface area contributed by atoms with Gasteiger partial charge in [-0.2, -0.15) is 0 Å². The number of hydrogen-bond acceptors (Lipinski definition) is 5. The quantitative estimate of drug-likeness (QED) is 0.830. The van der Waals surface area contributed by atoms with Crippen LogP contribution in [0.15, 0.2) is 18.2 Å². The molecule has 2 heterocycles. The average molecular weight is 295 g/mol. The monoisotopic (exact) mass is 295 g/mol. The minimum atomic E-state index is -3.32. The van der Waals surface area contributed by atoms with Crippen molar-refractivity contribution < 1.29 is 18.3 Å². The Labute approximate surface area is 115 Å². The fourth-order valence-corrected chi connectivity index (χ4v) is 3.44. The van der Waals surface area contributed by atoms with Crippen molar-refractivity contribution in [1.29, 1.82) is 0 Å². The van der Waals surface area contributed by atoms with Gasteiger partial charge >= 0.3 is 5.97 Å². The molecule has 106 valence electrons. The predicted octanol–water partition coefficient (Wildman–Crippen LogP) is 0.381. The highest BCUT2D eigenvalue weighted by molar-refractivity contribution is 7.90. The Bertz CT molecular complexity index is 809. The van der Waals surface area contributed by atoms with E-state index in [1.54, 1.807) is 6.07 Å². The fourth-order valence-electron chi connectivity index (χ4n) is 2.46. The maximum absolute atomic E-state index is 11.8. The number of aromatic nitrogens is 2. The number of fused-ring (bicyclic) bond motifs is 3. The zero-order chi connectivity index (χ0) is 14.5. The number of hydrogen-bond donors (Lipinski definition) is 2. The topological polar surface area (TPSA) is 101 Å². The van der Waals surface area contributed by atoms with Gasteiger partial charge in [0.2, 0.25) is 0 Å². The standard InChI is InChI=1S/C12H13N3O4S/c1-20(18,19)11-10-14-8-6-7(12(16)17)2-3-9(8)15(10)5-4-13-11/h2-3,6,11,13H,4-5H2,1H3,(H,16,17). The summed E-state index contributed by atoms with van der Waals surface area (Å²) in [6.45, 7) is 1.13. The lowest BCUT2D eigenvalue weighted by Gasteiger charge is -2.23. The van der Waals surface area contributed by atoms with Crippen molar-refractivity contribution in [2.24, 2.45) is 0 Å². The largest absolute Gasteiger partial charge is 0.478 e. The van der Waals surface area contributed by atoms with E-state index < -0.39 is 21.2 Å². The van der Waals surface area contributed by atoms with Crippen LogP contribution in [0.1, 0.15) is 21.6 Å². The van der Waals surface area contributed by atoms with E-state index in [0.717, 1.165) is 11.8 Å². The summed E-state index contributed by atoms with van der Waals surface area (Å²) in [7, 11) is -3.32. The summed E-state index contributed by atoms with van der Waals surface area (Å²) in [4.78, 5) is 15.3. The van der Waals surface area contributed by atoms with E-state index in [4.69, 9.17) is 5.11 Å². The number of aromatic carboxylic acids is 1.